The van der Waals surface area contributed by atoms with Crippen LogP contribution in [0.4, 0.5) is 0 Å². The minimum absolute atomic E-state index is 0.138. The quantitative estimate of drug-likeness (QED) is 0.679. The molecule has 1 aliphatic heterocycles. The minimum atomic E-state index is 0.138. The molecule has 2 fully saturated rings. The van der Waals surface area contributed by atoms with Gasteiger partial charge in [0, 0.05) is 18.6 Å². The molecule has 110 valence electrons. The van der Waals surface area contributed by atoms with E-state index in [-0.39, 0.29) is 5.91 Å². The molecule has 3 atom stereocenters. The van der Waals surface area contributed by atoms with Crippen LogP contribution in [0, 0.1) is 11.8 Å². The molecule has 2 aliphatic rings. The minimum Gasteiger partial charge on any atom is -0.355 e. The third kappa shape index (κ3) is 4.46. The van der Waals surface area contributed by atoms with Gasteiger partial charge in [0.15, 0.2) is 0 Å². The fourth-order valence-corrected chi connectivity index (χ4v) is 3.40. The first-order valence-corrected chi connectivity index (χ1v) is 7.90. The molecule has 4 nitrogen and oxygen atoms in total. The van der Waals surface area contributed by atoms with E-state index in [9.17, 15) is 4.79 Å². The number of carbonyl (C=O) groups is 1. The maximum atomic E-state index is 11.7. The lowest BCUT2D eigenvalue weighted by atomic mass is 9.93. The zero-order valence-electron chi connectivity index (χ0n) is 12.4. The molecular weight excluding hydrogens is 238 g/mol. The summed E-state index contributed by atoms with van der Waals surface area (Å²) in [7, 11) is 0. The standard InChI is InChI=1S/C15H29N3O/c1-11(2)9-18-15(19)10-17-14-6-3-5-12(14)13-7-4-8-16-13/h11-14,16-17H,3-10H2,1-2H3,(H,18,19). The number of amides is 1. The van der Waals surface area contributed by atoms with Crippen LogP contribution in [-0.2, 0) is 4.79 Å². The van der Waals surface area contributed by atoms with Crippen molar-refractivity contribution in [2.45, 2.75) is 58.0 Å². The molecule has 1 heterocycles. The fraction of sp³-hybridized carbons (Fsp3) is 0.933. The Morgan fingerprint density at radius 3 is 2.79 bits per heavy atom. The molecule has 1 amide bonds. The van der Waals surface area contributed by atoms with E-state index in [0.717, 1.165) is 12.5 Å². The van der Waals surface area contributed by atoms with Crippen LogP contribution in [0.1, 0.15) is 46.0 Å². The van der Waals surface area contributed by atoms with Crippen molar-refractivity contribution >= 4 is 5.91 Å². The Bertz CT molecular complexity index is 287. The van der Waals surface area contributed by atoms with Gasteiger partial charge in [0.1, 0.15) is 0 Å². The summed E-state index contributed by atoms with van der Waals surface area (Å²) < 4.78 is 0. The second kappa shape index (κ2) is 7.25. The topological polar surface area (TPSA) is 53.2 Å². The van der Waals surface area contributed by atoms with Gasteiger partial charge in [-0.2, -0.15) is 0 Å². The van der Waals surface area contributed by atoms with Gasteiger partial charge in [0.05, 0.1) is 6.54 Å². The van der Waals surface area contributed by atoms with Gasteiger partial charge in [-0.3, -0.25) is 4.79 Å². The molecule has 0 aromatic carbocycles. The molecule has 0 bridgehead atoms. The highest BCUT2D eigenvalue weighted by Gasteiger charge is 2.34. The summed E-state index contributed by atoms with van der Waals surface area (Å²) in [5.74, 6) is 1.38. The van der Waals surface area contributed by atoms with Crippen molar-refractivity contribution in [3.8, 4) is 0 Å². The number of hydrogen-bond acceptors (Lipinski definition) is 3. The molecule has 1 aliphatic carbocycles. The molecule has 4 heteroatoms. The van der Waals surface area contributed by atoms with Crippen LogP contribution in [0.25, 0.3) is 0 Å². The van der Waals surface area contributed by atoms with Crippen molar-refractivity contribution in [2.75, 3.05) is 19.6 Å². The highest BCUT2D eigenvalue weighted by molar-refractivity contribution is 5.78. The predicted molar refractivity (Wildman–Crippen MR) is 78.0 cm³/mol. The smallest absolute Gasteiger partial charge is 0.233 e. The summed E-state index contributed by atoms with van der Waals surface area (Å²) >= 11 is 0. The van der Waals surface area contributed by atoms with E-state index in [2.05, 4.69) is 29.8 Å². The molecule has 19 heavy (non-hydrogen) atoms. The number of carbonyl (C=O) groups excluding carboxylic acids is 1. The number of rotatable bonds is 6. The summed E-state index contributed by atoms with van der Waals surface area (Å²) in [5.41, 5.74) is 0. The monoisotopic (exact) mass is 267 g/mol. The average molecular weight is 267 g/mol. The van der Waals surface area contributed by atoms with Crippen LogP contribution in [0.3, 0.4) is 0 Å². The maximum absolute atomic E-state index is 11.7. The van der Waals surface area contributed by atoms with Crippen LogP contribution in [0.15, 0.2) is 0 Å². The Morgan fingerprint density at radius 2 is 2.11 bits per heavy atom. The fourth-order valence-electron chi connectivity index (χ4n) is 3.40. The van der Waals surface area contributed by atoms with Crippen molar-refractivity contribution in [1.29, 1.82) is 0 Å². The van der Waals surface area contributed by atoms with E-state index in [1.165, 1.54) is 38.6 Å². The Kier molecular flexibility index (Phi) is 5.64. The van der Waals surface area contributed by atoms with Crippen molar-refractivity contribution in [3.63, 3.8) is 0 Å². The third-order valence-electron chi connectivity index (χ3n) is 4.42. The lowest BCUT2D eigenvalue weighted by molar-refractivity contribution is -0.120. The first kappa shape index (κ1) is 14.8. The predicted octanol–water partition coefficient (Wildman–Crippen LogP) is 1.27. The van der Waals surface area contributed by atoms with Gasteiger partial charge < -0.3 is 16.0 Å². The number of nitrogens with one attached hydrogen (secondary N) is 3. The van der Waals surface area contributed by atoms with E-state index in [0.29, 0.717) is 24.5 Å². The maximum Gasteiger partial charge on any atom is 0.233 e. The van der Waals surface area contributed by atoms with Gasteiger partial charge in [0.2, 0.25) is 5.91 Å². The van der Waals surface area contributed by atoms with E-state index >= 15 is 0 Å². The van der Waals surface area contributed by atoms with Crippen LogP contribution in [0.5, 0.6) is 0 Å². The van der Waals surface area contributed by atoms with Gasteiger partial charge in [-0.15, -0.1) is 0 Å². The molecule has 3 N–H and O–H groups in total. The van der Waals surface area contributed by atoms with Crippen molar-refractivity contribution in [1.82, 2.24) is 16.0 Å². The molecule has 0 radical (unpaired) electrons. The summed E-state index contributed by atoms with van der Waals surface area (Å²) in [6.07, 6.45) is 6.45. The molecular formula is C15H29N3O. The highest BCUT2D eigenvalue weighted by atomic mass is 16.1. The largest absolute Gasteiger partial charge is 0.355 e. The van der Waals surface area contributed by atoms with Gasteiger partial charge >= 0.3 is 0 Å². The average Bonchev–Trinajstić information content (AvgIpc) is 3.03. The molecule has 3 unspecified atom stereocenters. The summed E-state index contributed by atoms with van der Waals surface area (Å²) in [6, 6.07) is 1.21. The molecule has 1 saturated heterocycles. The van der Waals surface area contributed by atoms with Crippen molar-refractivity contribution in [2.24, 2.45) is 11.8 Å². The van der Waals surface area contributed by atoms with Crippen LogP contribution >= 0.6 is 0 Å². The normalized spacial score (nSPS) is 31.0. The molecule has 0 aromatic heterocycles. The zero-order chi connectivity index (χ0) is 13.7. The summed E-state index contributed by atoms with van der Waals surface area (Å²) in [4.78, 5) is 11.7. The van der Waals surface area contributed by atoms with E-state index in [1.807, 2.05) is 0 Å². The Labute approximate surface area is 117 Å². The van der Waals surface area contributed by atoms with Gasteiger partial charge in [0.25, 0.3) is 0 Å². The third-order valence-corrected chi connectivity index (χ3v) is 4.42. The lowest BCUT2D eigenvalue weighted by Gasteiger charge is -2.26. The Balaban J connectivity index is 1.70. The Hall–Kier alpha value is -0.610. The van der Waals surface area contributed by atoms with E-state index in [1.54, 1.807) is 0 Å². The van der Waals surface area contributed by atoms with E-state index in [4.69, 9.17) is 0 Å². The first-order chi connectivity index (χ1) is 9.16. The van der Waals surface area contributed by atoms with E-state index < -0.39 is 0 Å². The zero-order valence-corrected chi connectivity index (χ0v) is 12.4. The summed E-state index contributed by atoms with van der Waals surface area (Å²) in [5, 5.41) is 10.1. The SMILES string of the molecule is CC(C)CNC(=O)CNC1CCCC1C1CCCN1. The molecule has 1 saturated carbocycles. The molecule has 2 rings (SSSR count). The molecule has 0 spiro atoms. The second-order valence-corrected chi connectivity index (χ2v) is 6.48. The number of hydrogen-bond donors (Lipinski definition) is 3. The second-order valence-electron chi connectivity index (χ2n) is 6.48. The van der Waals surface area contributed by atoms with Crippen LogP contribution in [-0.4, -0.2) is 37.6 Å². The van der Waals surface area contributed by atoms with Gasteiger partial charge in [-0.1, -0.05) is 20.3 Å². The lowest BCUT2D eigenvalue weighted by Crippen LogP contribution is -2.46. The van der Waals surface area contributed by atoms with Gasteiger partial charge in [-0.05, 0) is 44.1 Å². The first-order valence-electron chi connectivity index (χ1n) is 7.90. The van der Waals surface area contributed by atoms with Crippen LogP contribution < -0.4 is 16.0 Å². The molecule has 0 aromatic rings. The summed E-state index contributed by atoms with van der Waals surface area (Å²) in [6.45, 7) is 6.65. The Morgan fingerprint density at radius 1 is 1.26 bits per heavy atom. The highest BCUT2D eigenvalue weighted by Crippen LogP contribution is 2.31. The van der Waals surface area contributed by atoms with Crippen molar-refractivity contribution < 1.29 is 4.79 Å². The van der Waals surface area contributed by atoms with Gasteiger partial charge in [-0.25, -0.2) is 0 Å². The van der Waals surface area contributed by atoms with Crippen LogP contribution in [0.2, 0.25) is 0 Å². The van der Waals surface area contributed by atoms with Crippen molar-refractivity contribution in [3.05, 3.63) is 0 Å².